The highest BCUT2D eigenvalue weighted by Gasteiger charge is 2.35. The maximum atomic E-state index is 13.1. The molecule has 0 N–H and O–H groups in total. The predicted octanol–water partition coefficient (Wildman–Crippen LogP) is 3.68. The third-order valence-corrected chi connectivity index (χ3v) is 6.52. The molecule has 0 radical (unpaired) electrons. The molecule has 2 amide bonds. The topological polar surface area (TPSA) is 79.3 Å². The van der Waals surface area contributed by atoms with Crippen molar-refractivity contribution in [1.82, 2.24) is 19.9 Å². The molecule has 33 heavy (non-hydrogen) atoms. The Hall–Kier alpha value is -3.61. The largest absolute Gasteiger partial charge is 0.327 e. The molecule has 0 unspecified atom stereocenters. The van der Waals surface area contributed by atoms with Gasteiger partial charge in [0.05, 0.1) is 6.04 Å². The van der Waals surface area contributed by atoms with E-state index in [0.717, 1.165) is 30.5 Å². The highest BCUT2D eigenvalue weighted by molar-refractivity contribution is 5.95. The van der Waals surface area contributed by atoms with Crippen LogP contribution in [0.25, 0.3) is 0 Å². The molecule has 4 heterocycles. The fraction of sp³-hybridized carbons (Fsp3) is 0.346. The molecular weight excluding hydrogens is 414 g/mol. The number of nitrogens with zero attached hydrogens (tertiary/aromatic N) is 5. The van der Waals surface area contributed by atoms with E-state index in [1.807, 2.05) is 41.0 Å². The molecule has 1 fully saturated rings. The Morgan fingerprint density at radius 2 is 1.88 bits per heavy atom. The van der Waals surface area contributed by atoms with Crippen LogP contribution in [-0.4, -0.2) is 44.8 Å². The maximum Gasteiger partial charge on any atom is 0.273 e. The van der Waals surface area contributed by atoms with Gasteiger partial charge in [0.1, 0.15) is 11.5 Å². The second-order valence-electron chi connectivity index (χ2n) is 8.62. The van der Waals surface area contributed by atoms with Crippen molar-refractivity contribution in [2.24, 2.45) is 0 Å². The van der Waals surface area contributed by atoms with Crippen LogP contribution in [0.4, 0.5) is 5.82 Å². The molecule has 0 bridgehead atoms. The molecule has 5 rings (SSSR count). The lowest BCUT2D eigenvalue weighted by Crippen LogP contribution is -2.39. The summed E-state index contributed by atoms with van der Waals surface area (Å²) in [7, 11) is 0. The average molecular weight is 442 g/mol. The first-order chi connectivity index (χ1) is 16.1. The number of hydrogen-bond acceptors (Lipinski definition) is 5. The average Bonchev–Trinajstić information content (AvgIpc) is 3.34. The summed E-state index contributed by atoms with van der Waals surface area (Å²) in [4.78, 5) is 43.6. The number of aromatic nitrogens is 3. The van der Waals surface area contributed by atoms with Crippen LogP contribution in [0.5, 0.6) is 0 Å². The van der Waals surface area contributed by atoms with Gasteiger partial charge in [-0.25, -0.2) is 9.97 Å². The highest BCUT2D eigenvalue weighted by Crippen LogP contribution is 2.35. The first-order valence-corrected chi connectivity index (χ1v) is 11.6. The lowest BCUT2D eigenvalue weighted by molar-refractivity contribution is -0.118. The minimum Gasteiger partial charge on any atom is -0.327 e. The Balaban J connectivity index is 1.45. The number of carbonyl (C=O) groups is 2. The summed E-state index contributed by atoms with van der Waals surface area (Å²) < 4.78 is 0. The minimum absolute atomic E-state index is 0.0929. The molecule has 2 aliphatic heterocycles. The van der Waals surface area contributed by atoms with Crippen molar-refractivity contribution in [3.8, 4) is 0 Å². The molecule has 1 aromatic carbocycles. The summed E-state index contributed by atoms with van der Waals surface area (Å²) in [6, 6.07) is 15.3. The van der Waals surface area contributed by atoms with Gasteiger partial charge in [0.25, 0.3) is 5.91 Å². The number of rotatable bonds is 5. The van der Waals surface area contributed by atoms with Gasteiger partial charge in [0.15, 0.2) is 5.82 Å². The number of amides is 2. The van der Waals surface area contributed by atoms with Crippen molar-refractivity contribution in [1.29, 1.82) is 0 Å². The molecule has 0 spiro atoms. The zero-order valence-corrected chi connectivity index (χ0v) is 18.8. The van der Waals surface area contributed by atoms with E-state index >= 15 is 0 Å². The van der Waals surface area contributed by atoms with Crippen molar-refractivity contribution >= 4 is 17.6 Å². The Bertz CT molecular complexity index is 1170. The molecule has 7 nitrogen and oxygen atoms in total. The van der Waals surface area contributed by atoms with E-state index in [1.54, 1.807) is 18.3 Å². The first-order valence-electron chi connectivity index (χ1n) is 11.6. The van der Waals surface area contributed by atoms with Crippen molar-refractivity contribution in [3.05, 3.63) is 83.1 Å². The third-order valence-electron chi connectivity index (χ3n) is 6.52. The van der Waals surface area contributed by atoms with Crippen molar-refractivity contribution in [3.63, 3.8) is 0 Å². The summed E-state index contributed by atoms with van der Waals surface area (Å²) in [6.45, 7) is 3.21. The van der Waals surface area contributed by atoms with E-state index in [9.17, 15) is 9.59 Å². The Morgan fingerprint density at radius 3 is 2.67 bits per heavy atom. The van der Waals surface area contributed by atoms with Gasteiger partial charge < -0.3 is 4.90 Å². The lowest BCUT2D eigenvalue weighted by Gasteiger charge is -2.31. The monoisotopic (exact) mass is 441 g/mol. The number of carbonyl (C=O) groups excluding carboxylic acids is 2. The minimum atomic E-state index is -0.212. The zero-order chi connectivity index (χ0) is 22.8. The van der Waals surface area contributed by atoms with Crippen LogP contribution in [0.3, 0.4) is 0 Å². The van der Waals surface area contributed by atoms with Gasteiger partial charge in [-0.05, 0) is 50.3 Å². The van der Waals surface area contributed by atoms with Crippen LogP contribution in [0.1, 0.15) is 58.4 Å². The van der Waals surface area contributed by atoms with Crippen LogP contribution in [0.15, 0.2) is 54.7 Å². The summed E-state index contributed by atoms with van der Waals surface area (Å²) in [5.41, 5.74) is 3.54. The number of likely N-dealkylation sites (tertiary alicyclic amines) is 1. The molecule has 0 aliphatic carbocycles. The molecule has 1 atom stereocenters. The molecule has 168 valence electrons. The number of aryl methyl sites for hydroxylation is 1. The van der Waals surface area contributed by atoms with Crippen LogP contribution >= 0.6 is 0 Å². The summed E-state index contributed by atoms with van der Waals surface area (Å²) >= 11 is 0. The third kappa shape index (κ3) is 4.23. The summed E-state index contributed by atoms with van der Waals surface area (Å²) in [5.74, 6) is 1.32. The number of benzene rings is 1. The van der Waals surface area contributed by atoms with Gasteiger partial charge in [-0.15, -0.1) is 0 Å². The Morgan fingerprint density at radius 1 is 1.06 bits per heavy atom. The molecule has 1 saturated heterocycles. The molecule has 2 aliphatic rings. The van der Waals surface area contributed by atoms with Crippen LogP contribution in [0, 0.1) is 6.92 Å². The molecule has 3 aromatic rings. The van der Waals surface area contributed by atoms with Gasteiger partial charge in [-0.3, -0.25) is 19.5 Å². The summed E-state index contributed by atoms with van der Waals surface area (Å²) in [6.07, 6.45) is 5.21. The van der Waals surface area contributed by atoms with E-state index in [-0.39, 0.29) is 17.9 Å². The van der Waals surface area contributed by atoms with Gasteiger partial charge in [-0.2, -0.15) is 0 Å². The standard InChI is InChI=1S/C26H27N5O2/c1-18-20-12-13-23(32)31(17-14-19-8-3-2-4-9-19)25(20)29-24(28-18)22-11-7-16-30(22)26(33)21-10-5-6-15-27-21/h2-6,8-10,15,22H,7,11-14,16-17H2,1H3/t22-/m1/s1. The fourth-order valence-corrected chi connectivity index (χ4v) is 4.78. The highest BCUT2D eigenvalue weighted by atomic mass is 16.2. The molecule has 0 saturated carbocycles. The van der Waals surface area contributed by atoms with Crippen molar-refractivity contribution in [2.75, 3.05) is 18.0 Å². The van der Waals surface area contributed by atoms with Gasteiger partial charge in [0.2, 0.25) is 5.91 Å². The number of hydrogen-bond donors (Lipinski definition) is 0. The maximum absolute atomic E-state index is 13.1. The number of fused-ring (bicyclic) bond motifs is 1. The number of pyridine rings is 1. The van der Waals surface area contributed by atoms with Crippen molar-refractivity contribution < 1.29 is 9.59 Å². The number of anilines is 1. The van der Waals surface area contributed by atoms with E-state index in [4.69, 9.17) is 9.97 Å². The Kier molecular flexibility index (Phi) is 5.86. The molecule has 2 aromatic heterocycles. The smallest absolute Gasteiger partial charge is 0.273 e. The molecular formula is C26H27N5O2. The second-order valence-corrected chi connectivity index (χ2v) is 8.62. The van der Waals surface area contributed by atoms with Crippen LogP contribution in [-0.2, 0) is 17.6 Å². The lowest BCUT2D eigenvalue weighted by atomic mass is 10.0. The van der Waals surface area contributed by atoms with E-state index in [1.165, 1.54) is 5.56 Å². The SMILES string of the molecule is Cc1nc([C@H]2CCCN2C(=O)c2ccccn2)nc2c1CCC(=O)N2CCc1ccccc1. The van der Waals surface area contributed by atoms with Crippen LogP contribution < -0.4 is 4.90 Å². The second kappa shape index (κ2) is 9.10. The van der Waals surface area contributed by atoms with Gasteiger partial charge in [0, 0.05) is 37.0 Å². The predicted molar refractivity (Wildman–Crippen MR) is 125 cm³/mol. The quantitative estimate of drug-likeness (QED) is 0.604. The molecule has 7 heteroatoms. The summed E-state index contributed by atoms with van der Waals surface area (Å²) in [5, 5.41) is 0. The van der Waals surface area contributed by atoms with Gasteiger partial charge >= 0.3 is 0 Å². The Labute approximate surface area is 193 Å². The van der Waals surface area contributed by atoms with E-state index in [2.05, 4.69) is 17.1 Å². The van der Waals surface area contributed by atoms with Crippen LogP contribution in [0.2, 0.25) is 0 Å². The van der Waals surface area contributed by atoms with E-state index < -0.39 is 0 Å². The zero-order valence-electron chi connectivity index (χ0n) is 18.8. The fourth-order valence-electron chi connectivity index (χ4n) is 4.78. The van der Waals surface area contributed by atoms with Gasteiger partial charge in [-0.1, -0.05) is 36.4 Å². The first kappa shape index (κ1) is 21.2. The van der Waals surface area contributed by atoms with Crippen molar-refractivity contribution in [2.45, 2.75) is 45.1 Å². The normalized spacial score (nSPS) is 17.8. The van der Waals surface area contributed by atoms with E-state index in [0.29, 0.717) is 43.3 Å².